The molecule has 1 atom stereocenters. The number of ether oxygens (including phenoxy) is 1. The first kappa shape index (κ1) is 40.9. The molecule has 3 aromatic rings. The third-order valence-electron chi connectivity index (χ3n) is 12.3. The van der Waals surface area contributed by atoms with Crippen LogP contribution in [0.1, 0.15) is 79.8 Å². The van der Waals surface area contributed by atoms with Gasteiger partial charge in [0, 0.05) is 80.1 Å². The van der Waals surface area contributed by atoms with Crippen molar-refractivity contribution in [1.29, 1.82) is 5.26 Å². The number of piperidine rings is 2. The Morgan fingerprint density at radius 2 is 1.69 bits per heavy atom. The number of hydrogen-bond donors (Lipinski definition) is 3. The van der Waals surface area contributed by atoms with Gasteiger partial charge < -0.3 is 30.5 Å². The van der Waals surface area contributed by atoms with Crippen LogP contribution in [0.4, 0.5) is 15.9 Å². The van der Waals surface area contributed by atoms with Crippen molar-refractivity contribution in [3.05, 3.63) is 88.7 Å². The summed E-state index contributed by atoms with van der Waals surface area (Å²) in [5.74, 6) is 0.0398. The number of rotatable bonds is 10. The van der Waals surface area contributed by atoms with Gasteiger partial charge in [-0.3, -0.25) is 19.3 Å². The Kier molecular flexibility index (Phi) is 11.7. The van der Waals surface area contributed by atoms with E-state index in [1.54, 1.807) is 36.7 Å². The molecule has 13 nitrogen and oxygen atoms in total. The molecule has 1 saturated carbocycles. The lowest BCUT2D eigenvalue weighted by molar-refractivity contribution is -0.164. The number of amides is 3. The van der Waals surface area contributed by atoms with Gasteiger partial charge >= 0.3 is 0 Å². The summed E-state index contributed by atoms with van der Waals surface area (Å²) < 4.78 is 21.5. The van der Waals surface area contributed by atoms with Crippen LogP contribution in [0, 0.1) is 33.9 Å². The van der Waals surface area contributed by atoms with E-state index >= 15 is 4.39 Å². The maximum absolute atomic E-state index is 15.1. The molecule has 2 aromatic carbocycles. The number of carbonyl (C=O) groups is 3. The summed E-state index contributed by atoms with van der Waals surface area (Å²) in [7, 11) is 0. The van der Waals surface area contributed by atoms with Crippen molar-refractivity contribution < 1.29 is 23.5 Å². The van der Waals surface area contributed by atoms with Gasteiger partial charge in [0.2, 0.25) is 5.91 Å². The van der Waals surface area contributed by atoms with Crippen molar-refractivity contribution in [1.82, 2.24) is 30.8 Å². The number of halogens is 2. The number of carbonyl (C=O) groups excluding carboxylic acids is 3. The second-order valence-electron chi connectivity index (χ2n) is 17.1. The molecule has 3 amide bonds. The largest absolute Gasteiger partial charge is 0.489 e. The maximum atomic E-state index is 15.1. The predicted octanol–water partition coefficient (Wildman–Crippen LogP) is 5.31. The number of benzene rings is 2. The van der Waals surface area contributed by atoms with E-state index in [0.717, 1.165) is 70.2 Å². The molecule has 1 unspecified atom stereocenters. The van der Waals surface area contributed by atoms with Crippen LogP contribution in [0.2, 0.25) is 5.02 Å². The molecule has 15 heteroatoms. The number of nitrogens with one attached hydrogen (secondary N) is 3. The molecule has 1 aliphatic carbocycles. The monoisotopic (exact) mass is 811 g/mol. The normalized spacial score (nSPS) is 23.3. The van der Waals surface area contributed by atoms with Crippen LogP contribution in [-0.4, -0.2) is 96.6 Å². The van der Waals surface area contributed by atoms with Crippen LogP contribution < -0.4 is 30.5 Å². The van der Waals surface area contributed by atoms with E-state index < -0.39 is 28.6 Å². The van der Waals surface area contributed by atoms with Crippen molar-refractivity contribution >= 4 is 40.8 Å². The molecule has 4 fully saturated rings. The molecule has 0 spiro atoms. The van der Waals surface area contributed by atoms with Crippen molar-refractivity contribution in [3.8, 4) is 11.8 Å². The van der Waals surface area contributed by atoms with E-state index in [-0.39, 0.29) is 35.2 Å². The van der Waals surface area contributed by atoms with Crippen LogP contribution in [0.15, 0.2) is 61.1 Å². The highest BCUT2D eigenvalue weighted by Crippen LogP contribution is 2.55. The van der Waals surface area contributed by atoms with Gasteiger partial charge in [0.15, 0.2) is 0 Å². The minimum atomic E-state index is -0.710. The Morgan fingerprint density at radius 3 is 2.31 bits per heavy atom. The average molecular weight is 812 g/mol. The summed E-state index contributed by atoms with van der Waals surface area (Å²) in [6.07, 6.45) is 6.04. The number of allylic oxidation sites excluding steroid dienone is 1. The molecule has 0 radical (unpaired) electrons. The van der Waals surface area contributed by atoms with Gasteiger partial charge in [-0.2, -0.15) is 5.26 Å². The minimum Gasteiger partial charge on any atom is -0.489 e. The number of hydrogen-bond acceptors (Lipinski definition) is 10. The Balaban J connectivity index is 0.842. The number of piperazine rings is 1. The van der Waals surface area contributed by atoms with Gasteiger partial charge in [0.25, 0.3) is 11.8 Å². The second kappa shape index (κ2) is 16.5. The van der Waals surface area contributed by atoms with Crippen molar-refractivity contribution in [2.75, 3.05) is 55.6 Å². The lowest BCUT2D eigenvalue weighted by Crippen LogP contribution is -2.74. The third kappa shape index (κ3) is 8.47. The zero-order chi connectivity index (χ0) is 41.4. The topological polar surface area (TPSA) is 156 Å². The molecule has 1 aromatic heterocycles. The molecule has 4 heterocycles. The van der Waals surface area contributed by atoms with E-state index in [1.807, 2.05) is 0 Å². The summed E-state index contributed by atoms with van der Waals surface area (Å²) in [6.45, 7) is 17.9. The van der Waals surface area contributed by atoms with Crippen molar-refractivity contribution in [2.45, 2.75) is 71.6 Å². The lowest BCUT2D eigenvalue weighted by Gasteiger charge is -2.63. The SMILES string of the molecule is C=C1CCC(NC(=O)c2ccc(N3CCN(CC4CCN(c5cnc(C(=O)NC6C(C)(C)C(Oc7ccc(C#N)c(Cl)c7)C6(C)C)cn5)CC4)CC3)cc2F)C(=O)N1. The zero-order valence-electron chi connectivity index (χ0n) is 33.5. The van der Waals surface area contributed by atoms with Gasteiger partial charge in [-0.05, 0) is 61.9 Å². The fraction of sp³-hybridized carbons (Fsp3) is 0.488. The van der Waals surface area contributed by atoms with Gasteiger partial charge in [-0.1, -0.05) is 45.9 Å². The van der Waals surface area contributed by atoms with Gasteiger partial charge in [0.1, 0.15) is 41.3 Å². The second-order valence-corrected chi connectivity index (χ2v) is 17.5. The molecule has 3 aliphatic heterocycles. The maximum Gasteiger partial charge on any atom is 0.271 e. The standard InChI is InChI=1S/C43H51ClFN9O4/c1-26-6-11-34(38(56)49-26)50-37(55)31-10-8-29(20-33(31)45)53-18-16-52(17-19-53)25-27-12-14-54(15-13-27)36-24-47-35(23-48-36)39(57)51-40-42(2,3)41(43(40,4)5)58-30-9-7-28(22-46)32(44)21-30/h7-10,20-21,23-24,27,34,40-41H,1,6,11-19,25H2,2-5H3,(H,49,56)(H,50,55)(H,51,57). The Hall–Kier alpha value is -5.26. The lowest BCUT2D eigenvalue weighted by atomic mass is 9.49. The first-order valence-corrected chi connectivity index (χ1v) is 20.3. The molecule has 58 heavy (non-hydrogen) atoms. The number of nitrogens with zero attached hydrogens (tertiary/aromatic N) is 6. The van der Waals surface area contributed by atoms with Crippen LogP contribution in [0.5, 0.6) is 5.75 Å². The summed E-state index contributed by atoms with van der Waals surface area (Å²) in [6, 6.07) is 10.9. The summed E-state index contributed by atoms with van der Waals surface area (Å²) in [5.41, 5.74) is 1.12. The van der Waals surface area contributed by atoms with Crippen LogP contribution in [0.25, 0.3) is 0 Å². The molecule has 7 rings (SSSR count). The Bertz CT molecular complexity index is 2090. The van der Waals surface area contributed by atoms with E-state index in [2.05, 4.69) is 81.0 Å². The fourth-order valence-electron chi connectivity index (χ4n) is 9.33. The smallest absolute Gasteiger partial charge is 0.271 e. The highest BCUT2D eigenvalue weighted by Gasteiger charge is 2.64. The molecule has 306 valence electrons. The summed E-state index contributed by atoms with van der Waals surface area (Å²) in [4.78, 5) is 54.3. The highest BCUT2D eigenvalue weighted by atomic mass is 35.5. The molecule has 3 N–H and O–H groups in total. The average Bonchev–Trinajstić information content (AvgIpc) is 3.20. The quantitative estimate of drug-likeness (QED) is 0.245. The summed E-state index contributed by atoms with van der Waals surface area (Å²) in [5, 5.41) is 18.0. The molecular weight excluding hydrogens is 761 g/mol. The highest BCUT2D eigenvalue weighted by molar-refractivity contribution is 6.31. The molecule has 4 aliphatic rings. The molecular formula is C43H51ClFN9O4. The fourth-order valence-corrected chi connectivity index (χ4v) is 9.55. The van der Waals surface area contributed by atoms with Gasteiger partial charge in [-0.15, -0.1) is 0 Å². The van der Waals surface area contributed by atoms with Crippen molar-refractivity contribution in [3.63, 3.8) is 0 Å². The van der Waals surface area contributed by atoms with E-state index in [0.29, 0.717) is 40.8 Å². The van der Waals surface area contributed by atoms with Crippen molar-refractivity contribution in [2.24, 2.45) is 16.7 Å². The minimum absolute atomic E-state index is 0.0786. The first-order valence-electron chi connectivity index (χ1n) is 19.9. The Morgan fingerprint density at radius 1 is 0.966 bits per heavy atom. The van der Waals surface area contributed by atoms with E-state index in [4.69, 9.17) is 16.3 Å². The predicted molar refractivity (Wildman–Crippen MR) is 219 cm³/mol. The zero-order valence-corrected chi connectivity index (χ0v) is 34.2. The number of aromatic nitrogens is 2. The van der Waals surface area contributed by atoms with Crippen LogP contribution in [0.3, 0.4) is 0 Å². The molecule has 0 bridgehead atoms. The first-order chi connectivity index (χ1) is 27.6. The van der Waals surface area contributed by atoms with Gasteiger partial charge in [-0.25, -0.2) is 14.4 Å². The van der Waals surface area contributed by atoms with Gasteiger partial charge in [0.05, 0.1) is 28.5 Å². The van der Waals surface area contributed by atoms with Crippen LogP contribution >= 0.6 is 11.6 Å². The Labute approximate surface area is 344 Å². The van der Waals surface area contributed by atoms with E-state index in [1.165, 1.54) is 12.1 Å². The van der Waals surface area contributed by atoms with Crippen LogP contribution in [-0.2, 0) is 4.79 Å². The number of anilines is 2. The molecule has 3 saturated heterocycles. The van der Waals surface area contributed by atoms with E-state index in [9.17, 15) is 19.6 Å². The third-order valence-corrected chi connectivity index (χ3v) is 12.7. The number of nitriles is 1. The summed E-state index contributed by atoms with van der Waals surface area (Å²) >= 11 is 6.24.